The smallest absolute Gasteiger partial charge is 0.312 e. The average Bonchev–Trinajstić information content (AvgIpc) is 2.36. The predicted octanol–water partition coefficient (Wildman–Crippen LogP) is 5.21. The minimum Gasteiger partial charge on any atom is -0.458 e. The molecule has 19 heavy (non-hydrogen) atoms. The minimum atomic E-state index is -0.384. The largest absolute Gasteiger partial charge is 0.458 e. The number of rotatable bonds is 8. The van der Waals surface area contributed by atoms with E-state index in [2.05, 4.69) is 34.6 Å². The molecular weight excluding hydrogens is 236 g/mol. The molecule has 0 aliphatic heterocycles. The van der Waals surface area contributed by atoms with E-state index in [4.69, 9.17) is 4.74 Å². The Balaban J connectivity index is 5.21. The zero-order valence-electron chi connectivity index (χ0n) is 14.3. The molecule has 0 saturated heterocycles. The number of hydrogen-bond donors (Lipinski definition) is 0. The molecule has 0 amide bonds. The van der Waals surface area contributed by atoms with Gasteiger partial charge < -0.3 is 4.74 Å². The van der Waals surface area contributed by atoms with Crippen LogP contribution in [-0.4, -0.2) is 11.6 Å². The maximum Gasteiger partial charge on any atom is 0.312 e. The lowest BCUT2D eigenvalue weighted by atomic mass is 9.76. The van der Waals surface area contributed by atoms with E-state index in [1.54, 1.807) is 0 Å². The van der Waals surface area contributed by atoms with Crippen LogP contribution in [0.3, 0.4) is 0 Å². The second kappa shape index (κ2) is 7.31. The zero-order valence-corrected chi connectivity index (χ0v) is 14.3. The van der Waals surface area contributed by atoms with Crippen LogP contribution >= 0.6 is 0 Å². The van der Waals surface area contributed by atoms with Gasteiger partial charge >= 0.3 is 5.97 Å². The van der Waals surface area contributed by atoms with Crippen molar-refractivity contribution in [2.45, 2.75) is 86.7 Å². The third-order valence-electron chi connectivity index (χ3n) is 4.83. The van der Waals surface area contributed by atoms with Gasteiger partial charge in [-0.1, -0.05) is 48.0 Å². The fourth-order valence-electron chi connectivity index (χ4n) is 2.44. The van der Waals surface area contributed by atoms with Crippen LogP contribution in [0, 0.1) is 17.3 Å². The first-order valence-corrected chi connectivity index (χ1v) is 7.90. The first kappa shape index (κ1) is 18.5. The highest BCUT2D eigenvalue weighted by atomic mass is 16.6. The molecule has 0 aromatic heterocycles. The van der Waals surface area contributed by atoms with Crippen LogP contribution < -0.4 is 0 Å². The Hall–Kier alpha value is -0.530. The molecule has 0 aromatic rings. The number of ether oxygens (including phenoxy) is 1. The van der Waals surface area contributed by atoms with E-state index in [0.29, 0.717) is 11.8 Å². The molecule has 0 radical (unpaired) electrons. The van der Waals surface area contributed by atoms with Crippen LogP contribution in [0.1, 0.15) is 81.1 Å². The molecule has 0 fully saturated rings. The summed E-state index contributed by atoms with van der Waals surface area (Å²) in [5.41, 5.74) is -0.683. The topological polar surface area (TPSA) is 26.3 Å². The highest BCUT2D eigenvalue weighted by molar-refractivity contribution is 5.76. The fourth-order valence-corrected chi connectivity index (χ4v) is 2.44. The first-order valence-electron chi connectivity index (χ1n) is 7.90. The lowest BCUT2D eigenvalue weighted by molar-refractivity contribution is -0.180. The minimum absolute atomic E-state index is 0.0437. The predicted molar refractivity (Wildman–Crippen MR) is 82.1 cm³/mol. The van der Waals surface area contributed by atoms with Gasteiger partial charge in [0.05, 0.1) is 5.41 Å². The molecule has 0 aliphatic rings. The number of carbonyl (C=O) groups is 1. The summed E-state index contributed by atoms with van der Waals surface area (Å²) in [6.45, 7) is 16.9. The van der Waals surface area contributed by atoms with Crippen molar-refractivity contribution >= 4 is 5.97 Å². The van der Waals surface area contributed by atoms with Crippen LogP contribution in [0.5, 0.6) is 0 Å². The Labute approximate surface area is 120 Å². The Bertz CT molecular complexity index is 281. The van der Waals surface area contributed by atoms with E-state index in [-0.39, 0.29) is 17.0 Å². The van der Waals surface area contributed by atoms with E-state index in [1.165, 1.54) is 0 Å². The lowest BCUT2D eigenvalue weighted by Crippen LogP contribution is -2.45. The van der Waals surface area contributed by atoms with Gasteiger partial charge in [-0.15, -0.1) is 0 Å². The summed E-state index contributed by atoms with van der Waals surface area (Å²) < 4.78 is 6.07. The lowest BCUT2D eigenvalue weighted by Gasteiger charge is -2.42. The maximum absolute atomic E-state index is 12.4. The third kappa shape index (κ3) is 4.50. The molecule has 2 heteroatoms. The van der Waals surface area contributed by atoms with Crippen LogP contribution in [0.4, 0.5) is 0 Å². The Kier molecular flexibility index (Phi) is 7.10. The van der Waals surface area contributed by atoms with Crippen molar-refractivity contribution < 1.29 is 9.53 Å². The van der Waals surface area contributed by atoms with E-state index in [0.717, 1.165) is 25.7 Å². The van der Waals surface area contributed by atoms with E-state index < -0.39 is 0 Å². The third-order valence-corrected chi connectivity index (χ3v) is 4.83. The van der Waals surface area contributed by atoms with Crippen molar-refractivity contribution in [1.82, 2.24) is 0 Å². The van der Waals surface area contributed by atoms with Crippen molar-refractivity contribution in [3.05, 3.63) is 0 Å². The molecule has 0 aliphatic carbocycles. The summed E-state index contributed by atoms with van der Waals surface area (Å²) in [5, 5.41) is 0. The molecule has 0 aromatic carbocycles. The van der Waals surface area contributed by atoms with Crippen molar-refractivity contribution in [2.24, 2.45) is 17.3 Å². The standard InChI is InChI=1S/C17H34O2/c1-9-12-17(11-3,14(6)13(4)5)19-15(18)16(7,8)10-2/h13-14H,9-12H2,1-8H3. The summed E-state index contributed by atoms with van der Waals surface area (Å²) in [4.78, 5) is 12.4. The van der Waals surface area contributed by atoms with Gasteiger partial charge in [0.1, 0.15) is 5.60 Å². The molecule has 0 spiro atoms. The SMILES string of the molecule is CCCC(CC)(OC(=O)C(C)(C)CC)C(C)C(C)C. The monoisotopic (exact) mass is 270 g/mol. The van der Waals surface area contributed by atoms with Crippen LogP contribution in [0.2, 0.25) is 0 Å². The summed E-state index contributed by atoms with van der Waals surface area (Å²) in [6.07, 6.45) is 3.71. The maximum atomic E-state index is 12.4. The van der Waals surface area contributed by atoms with Crippen LogP contribution in [0.25, 0.3) is 0 Å². The highest BCUT2D eigenvalue weighted by Crippen LogP contribution is 2.38. The van der Waals surface area contributed by atoms with Gasteiger partial charge in [-0.25, -0.2) is 0 Å². The second-order valence-corrected chi connectivity index (χ2v) is 6.83. The van der Waals surface area contributed by atoms with Gasteiger partial charge in [0.15, 0.2) is 0 Å². The molecule has 2 atom stereocenters. The van der Waals surface area contributed by atoms with Crippen molar-refractivity contribution in [1.29, 1.82) is 0 Å². The van der Waals surface area contributed by atoms with Crippen molar-refractivity contribution in [3.63, 3.8) is 0 Å². The first-order chi connectivity index (χ1) is 8.66. The molecule has 2 nitrogen and oxygen atoms in total. The van der Waals surface area contributed by atoms with Crippen molar-refractivity contribution in [2.75, 3.05) is 0 Å². The van der Waals surface area contributed by atoms with Gasteiger partial charge in [-0.2, -0.15) is 0 Å². The Morgan fingerprint density at radius 2 is 1.58 bits per heavy atom. The summed E-state index contributed by atoms with van der Waals surface area (Å²) in [5.74, 6) is 0.857. The van der Waals surface area contributed by atoms with Crippen LogP contribution in [0.15, 0.2) is 0 Å². The number of carbonyl (C=O) groups excluding carboxylic acids is 1. The number of esters is 1. The molecular formula is C17H34O2. The van der Waals surface area contributed by atoms with E-state index in [1.807, 2.05) is 20.8 Å². The van der Waals surface area contributed by atoms with Gasteiger partial charge in [-0.05, 0) is 44.9 Å². The summed E-state index contributed by atoms with van der Waals surface area (Å²) >= 11 is 0. The van der Waals surface area contributed by atoms with Gasteiger partial charge in [0, 0.05) is 0 Å². The Morgan fingerprint density at radius 1 is 1.05 bits per heavy atom. The normalized spacial score (nSPS) is 17.1. The molecule has 0 heterocycles. The molecule has 0 N–H and O–H groups in total. The number of hydrogen-bond acceptors (Lipinski definition) is 2. The van der Waals surface area contributed by atoms with Crippen LogP contribution in [-0.2, 0) is 9.53 Å². The zero-order chi connectivity index (χ0) is 15.3. The van der Waals surface area contributed by atoms with Gasteiger partial charge in [-0.3, -0.25) is 4.79 Å². The quantitative estimate of drug-likeness (QED) is 0.566. The molecule has 114 valence electrons. The Morgan fingerprint density at radius 3 is 1.89 bits per heavy atom. The summed E-state index contributed by atoms with van der Waals surface area (Å²) in [6, 6.07) is 0. The van der Waals surface area contributed by atoms with E-state index in [9.17, 15) is 4.79 Å². The van der Waals surface area contributed by atoms with E-state index >= 15 is 0 Å². The fraction of sp³-hybridized carbons (Fsp3) is 0.941. The highest BCUT2D eigenvalue weighted by Gasteiger charge is 2.41. The molecule has 2 unspecified atom stereocenters. The van der Waals surface area contributed by atoms with Crippen molar-refractivity contribution in [3.8, 4) is 0 Å². The second-order valence-electron chi connectivity index (χ2n) is 6.83. The average molecular weight is 270 g/mol. The molecule has 0 saturated carbocycles. The van der Waals surface area contributed by atoms with Gasteiger partial charge in [0.2, 0.25) is 0 Å². The van der Waals surface area contributed by atoms with Gasteiger partial charge in [0.25, 0.3) is 0 Å². The molecule has 0 bridgehead atoms. The molecule has 0 rings (SSSR count). The summed E-state index contributed by atoms with van der Waals surface area (Å²) in [7, 11) is 0.